The third-order valence-electron chi connectivity index (χ3n) is 4.41. The average Bonchev–Trinajstić information content (AvgIpc) is 2.74. The van der Waals surface area contributed by atoms with E-state index < -0.39 is 10.0 Å². The van der Waals surface area contributed by atoms with Crippen LogP contribution in [0.25, 0.3) is 6.08 Å². The Morgan fingerprint density at radius 2 is 1.83 bits per heavy atom. The van der Waals surface area contributed by atoms with E-state index in [1.165, 1.54) is 22.5 Å². The minimum Gasteiger partial charge on any atom is -0.489 e. The minimum absolute atomic E-state index is 0.0999. The van der Waals surface area contributed by atoms with Crippen molar-refractivity contribution >= 4 is 27.7 Å². The highest BCUT2D eigenvalue weighted by atomic mass is 32.2. The number of carbonyl (C=O) groups excluding carboxylic acids is 1. The first kappa shape index (κ1) is 22.0. The van der Waals surface area contributed by atoms with Crippen molar-refractivity contribution in [2.24, 2.45) is 0 Å². The molecule has 30 heavy (non-hydrogen) atoms. The topological polar surface area (TPSA) is 84.9 Å². The number of morpholine rings is 1. The second-order valence-electron chi connectivity index (χ2n) is 7.07. The van der Waals surface area contributed by atoms with Gasteiger partial charge in [0.1, 0.15) is 5.75 Å². The maximum atomic E-state index is 13.0. The van der Waals surface area contributed by atoms with Crippen molar-refractivity contribution in [3.63, 3.8) is 0 Å². The summed E-state index contributed by atoms with van der Waals surface area (Å²) in [7, 11) is -3.69. The number of hydrogen-bond acceptors (Lipinski definition) is 5. The zero-order valence-corrected chi connectivity index (χ0v) is 17.9. The minimum atomic E-state index is -3.69. The summed E-state index contributed by atoms with van der Waals surface area (Å²) in [4.78, 5) is 12.6. The molecule has 1 saturated heterocycles. The summed E-state index contributed by atoms with van der Waals surface area (Å²) in [5.74, 6) is 0.0285. The number of anilines is 1. The van der Waals surface area contributed by atoms with E-state index in [9.17, 15) is 13.2 Å². The van der Waals surface area contributed by atoms with Crippen LogP contribution in [0.3, 0.4) is 0 Å². The van der Waals surface area contributed by atoms with Gasteiger partial charge >= 0.3 is 0 Å². The second-order valence-corrected chi connectivity index (χ2v) is 9.01. The summed E-state index contributed by atoms with van der Waals surface area (Å²) in [5, 5.41) is 2.74. The van der Waals surface area contributed by atoms with Crippen molar-refractivity contribution in [2.45, 2.75) is 24.8 Å². The van der Waals surface area contributed by atoms with Crippen molar-refractivity contribution in [3.05, 3.63) is 60.2 Å². The molecule has 2 aromatic rings. The predicted octanol–water partition coefficient (Wildman–Crippen LogP) is 3.15. The van der Waals surface area contributed by atoms with E-state index >= 15 is 0 Å². The monoisotopic (exact) mass is 430 g/mol. The molecule has 1 aliphatic rings. The van der Waals surface area contributed by atoms with Crippen LogP contribution in [0, 0.1) is 0 Å². The van der Waals surface area contributed by atoms with Crippen LogP contribution in [0.4, 0.5) is 5.69 Å². The van der Waals surface area contributed by atoms with Gasteiger partial charge in [-0.25, -0.2) is 8.42 Å². The van der Waals surface area contributed by atoms with E-state index in [4.69, 9.17) is 9.47 Å². The van der Waals surface area contributed by atoms with Gasteiger partial charge < -0.3 is 14.8 Å². The van der Waals surface area contributed by atoms with Gasteiger partial charge in [0.15, 0.2) is 0 Å². The number of nitrogens with zero attached hydrogens (tertiary/aromatic N) is 1. The quantitative estimate of drug-likeness (QED) is 0.682. The molecule has 8 heteroatoms. The lowest BCUT2D eigenvalue weighted by atomic mass is 10.2. The molecule has 0 radical (unpaired) electrons. The molecular formula is C22H26N2O5S. The molecule has 0 saturated carbocycles. The molecule has 0 spiro atoms. The van der Waals surface area contributed by atoms with Crippen LogP contribution in [0.15, 0.2) is 59.5 Å². The smallest absolute Gasteiger partial charge is 0.248 e. The molecule has 2 aromatic carbocycles. The molecular weight excluding hydrogens is 404 g/mol. The molecule has 0 atom stereocenters. The van der Waals surface area contributed by atoms with E-state index in [1.807, 2.05) is 44.2 Å². The molecule has 1 heterocycles. The lowest BCUT2D eigenvalue weighted by molar-refractivity contribution is -0.111. The van der Waals surface area contributed by atoms with Crippen LogP contribution in [-0.4, -0.2) is 51.0 Å². The number of nitrogens with one attached hydrogen (secondary N) is 1. The molecule has 160 valence electrons. The zero-order chi connectivity index (χ0) is 21.6. The molecule has 1 amide bonds. The number of sulfonamides is 1. The Balaban J connectivity index is 1.85. The van der Waals surface area contributed by atoms with Gasteiger partial charge in [-0.3, -0.25) is 4.79 Å². The van der Waals surface area contributed by atoms with Crippen LogP contribution in [0.2, 0.25) is 0 Å². The Hall–Kier alpha value is -2.68. The summed E-state index contributed by atoms with van der Waals surface area (Å²) >= 11 is 0. The Bertz CT molecular complexity index is 997. The Kier molecular flexibility index (Phi) is 7.25. The fourth-order valence-electron chi connectivity index (χ4n) is 2.97. The second kappa shape index (κ2) is 9.88. The number of benzene rings is 2. The number of ether oxygens (including phenoxy) is 2. The molecule has 3 rings (SSSR count). The van der Waals surface area contributed by atoms with Crippen LogP contribution < -0.4 is 10.1 Å². The van der Waals surface area contributed by atoms with Gasteiger partial charge in [-0.05, 0) is 43.7 Å². The van der Waals surface area contributed by atoms with Gasteiger partial charge in [-0.1, -0.05) is 30.3 Å². The van der Waals surface area contributed by atoms with Crippen LogP contribution in [0.5, 0.6) is 5.75 Å². The van der Waals surface area contributed by atoms with Crippen molar-refractivity contribution in [3.8, 4) is 5.75 Å². The molecule has 1 N–H and O–H groups in total. The lowest BCUT2D eigenvalue weighted by Gasteiger charge is -2.26. The van der Waals surface area contributed by atoms with Crippen LogP contribution in [-0.2, 0) is 19.6 Å². The van der Waals surface area contributed by atoms with E-state index in [0.29, 0.717) is 37.7 Å². The molecule has 0 bridgehead atoms. The number of carbonyl (C=O) groups is 1. The SMILES string of the molecule is CC(C)Oc1ccc(S(=O)(=O)N2CCOCC2)cc1NC(=O)/C=C\c1ccccc1. The highest BCUT2D eigenvalue weighted by molar-refractivity contribution is 7.89. The van der Waals surface area contributed by atoms with Crippen molar-refractivity contribution < 1.29 is 22.7 Å². The van der Waals surface area contributed by atoms with Crippen molar-refractivity contribution in [2.75, 3.05) is 31.6 Å². The Morgan fingerprint density at radius 3 is 2.50 bits per heavy atom. The molecule has 0 aliphatic carbocycles. The van der Waals surface area contributed by atoms with Gasteiger partial charge in [0.2, 0.25) is 15.9 Å². The zero-order valence-electron chi connectivity index (χ0n) is 17.1. The van der Waals surface area contributed by atoms with Gasteiger partial charge in [0.25, 0.3) is 0 Å². The standard InChI is InChI=1S/C22H26N2O5S/c1-17(2)29-21-10-9-19(30(26,27)24-12-14-28-15-13-24)16-20(21)23-22(25)11-8-18-6-4-3-5-7-18/h3-11,16-17H,12-15H2,1-2H3,(H,23,25)/b11-8-. The summed E-state index contributed by atoms with van der Waals surface area (Å²) in [6.07, 6.45) is 2.95. The number of amides is 1. The van der Waals surface area contributed by atoms with Gasteiger partial charge in [-0.2, -0.15) is 4.31 Å². The normalized spacial score (nSPS) is 15.4. The third kappa shape index (κ3) is 5.69. The fourth-order valence-corrected chi connectivity index (χ4v) is 4.41. The first-order valence-corrected chi connectivity index (χ1v) is 11.2. The van der Waals surface area contributed by atoms with Gasteiger partial charge in [0, 0.05) is 19.2 Å². The Labute approximate surface area is 177 Å². The summed E-state index contributed by atoms with van der Waals surface area (Å²) < 4.78 is 38.3. The first-order valence-electron chi connectivity index (χ1n) is 9.79. The average molecular weight is 431 g/mol. The summed E-state index contributed by atoms with van der Waals surface area (Å²) in [6.45, 7) is 5.05. The van der Waals surface area contributed by atoms with E-state index in [0.717, 1.165) is 5.56 Å². The van der Waals surface area contributed by atoms with E-state index in [1.54, 1.807) is 12.1 Å². The fraction of sp³-hybridized carbons (Fsp3) is 0.318. The molecule has 1 fully saturated rings. The predicted molar refractivity (Wildman–Crippen MR) is 116 cm³/mol. The van der Waals surface area contributed by atoms with Crippen LogP contribution >= 0.6 is 0 Å². The largest absolute Gasteiger partial charge is 0.489 e. The summed E-state index contributed by atoms with van der Waals surface area (Å²) in [6, 6.07) is 13.9. The maximum Gasteiger partial charge on any atom is 0.248 e. The third-order valence-corrected chi connectivity index (χ3v) is 6.30. The lowest BCUT2D eigenvalue weighted by Crippen LogP contribution is -2.40. The van der Waals surface area contributed by atoms with Crippen molar-refractivity contribution in [1.29, 1.82) is 0 Å². The Morgan fingerprint density at radius 1 is 1.13 bits per heavy atom. The molecule has 1 aliphatic heterocycles. The number of hydrogen-bond donors (Lipinski definition) is 1. The van der Waals surface area contributed by atoms with Crippen molar-refractivity contribution in [1.82, 2.24) is 4.31 Å². The van der Waals surface area contributed by atoms with Gasteiger partial charge in [-0.15, -0.1) is 0 Å². The number of rotatable bonds is 7. The van der Waals surface area contributed by atoms with E-state index in [-0.39, 0.29) is 16.9 Å². The maximum absolute atomic E-state index is 13.0. The van der Waals surface area contributed by atoms with Crippen LogP contribution in [0.1, 0.15) is 19.4 Å². The highest BCUT2D eigenvalue weighted by Crippen LogP contribution is 2.30. The molecule has 0 unspecified atom stereocenters. The molecule has 7 nitrogen and oxygen atoms in total. The highest BCUT2D eigenvalue weighted by Gasteiger charge is 2.27. The van der Waals surface area contributed by atoms with Gasteiger partial charge in [0.05, 0.1) is 29.9 Å². The first-order chi connectivity index (χ1) is 14.4. The van der Waals surface area contributed by atoms with E-state index in [2.05, 4.69) is 5.32 Å². The molecule has 0 aromatic heterocycles. The summed E-state index contributed by atoms with van der Waals surface area (Å²) in [5.41, 5.74) is 1.19.